The van der Waals surface area contributed by atoms with Crippen molar-refractivity contribution >= 4 is 17.4 Å². The first-order valence-corrected chi connectivity index (χ1v) is 7.40. The summed E-state index contributed by atoms with van der Waals surface area (Å²) in [4.78, 5) is 4.23. The van der Waals surface area contributed by atoms with Gasteiger partial charge in [0.25, 0.3) is 0 Å². The van der Waals surface area contributed by atoms with Crippen LogP contribution in [0.3, 0.4) is 0 Å². The van der Waals surface area contributed by atoms with Crippen LogP contribution in [0, 0.1) is 18.3 Å². The van der Waals surface area contributed by atoms with Gasteiger partial charge in [0.05, 0.1) is 22.8 Å². The van der Waals surface area contributed by atoms with Gasteiger partial charge in [-0.2, -0.15) is 10.4 Å². The highest BCUT2D eigenvalue weighted by molar-refractivity contribution is 6.33. The lowest BCUT2D eigenvalue weighted by Crippen LogP contribution is -2.24. The summed E-state index contributed by atoms with van der Waals surface area (Å²) in [6.45, 7) is 2.69. The molecule has 6 nitrogen and oxygen atoms in total. The Morgan fingerprint density at radius 1 is 1.50 bits per heavy atom. The molecule has 0 aromatic carbocycles. The molecule has 0 spiro atoms. The molecule has 3 heterocycles. The Labute approximate surface area is 133 Å². The maximum absolute atomic E-state index is 8.86. The smallest absolute Gasteiger partial charge is 0.145 e. The Balaban J connectivity index is 1.83. The molecule has 1 saturated heterocycles. The first-order chi connectivity index (χ1) is 10.6. The number of ether oxygens (including phenoxy) is 1. The van der Waals surface area contributed by atoms with Gasteiger partial charge in [0.15, 0.2) is 0 Å². The number of pyridine rings is 1. The number of hydrogen-bond acceptors (Lipinski definition) is 5. The van der Waals surface area contributed by atoms with Crippen molar-refractivity contribution in [1.82, 2.24) is 14.8 Å². The van der Waals surface area contributed by atoms with E-state index in [2.05, 4.69) is 15.4 Å². The SMILES string of the molecule is Cc1c([C@H]2OCC[C@@H]2Nc2ncc(C#N)cc2Cl)cnn1C. The fourth-order valence-corrected chi connectivity index (χ4v) is 2.84. The average molecular weight is 318 g/mol. The van der Waals surface area contributed by atoms with Crippen LogP contribution in [0.15, 0.2) is 18.5 Å². The standard InChI is InChI=1S/C15H16ClN5O/c1-9-11(8-19-21(9)2)14-13(3-4-22-14)20-15-12(16)5-10(6-17)7-18-15/h5,7-8,13-14H,3-4H2,1-2H3,(H,18,20)/t13-,14+/m0/s1. The Morgan fingerprint density at radius 2 is 2.32 bits per heavy atom. The highest BCUT2D eigenvalue weighted by Gasteiger charge is 2.32. The highest BCUT2D eigenvalue weighted by Crippen LogP contribution is 2.34. The van der Waals surface area contributed by atoms with E-state index in [4.69, 9.17) is 21.6 Å². The Kier molecular flexibility index (Phi) is 4.01. The number of hydrogen-bond donors (Lipinski definition) is 1. The van der Waals surface area contributed by atoms with E-state index in [0.717, 1.165) is 17.7 Å². The second-order valence-corrected chi connectivity index (χ2v) is 5.71. The van der Waals surface area contributed by atoms with E-state index in [1.165, 1.54) is 6.20 Å². The lowest BCUT2D eigenvalue weighted by molar-refractivity contribution is 0.107. The number of halogens is 1. The molecule has 0 amide bonds. The Morgan fingerprint density at radius 3 is 2.95 bits per heavy atom. The van der Waals surface area contributed by atoms with Gasteiger partial charge < -0.3 is 10.1 Å². The van der Waals surface area contributed by atoms with Crippen LogP contribution < -0.4 is 5.32 Å². The number of rotatable bonds is 3. The number of nitriles is 1. The summed E-state index contributed by atoms with van der Waals surface area (Å²) in [6, 6.07) is 3.70. The third-order valence-corrected chi connectivity index (χ3v) is 4.25. The third-order valence-electron chi connectivity index (χ3n) is 3.96. The molecule has 2 aromatic rings. The normalized spacial score (nSPS) is 20.8. The molecular formula is C15H16ClN5O. The average Bonchev–Trinajstić information content (AvgIpc) is 3.09. The van der Waals surface area contributed by atoms with Crippen LogP contribution in [0.4, 0.5) is 5.82 Å². The predicted octanol–water partition coefficient (Wildman–Crippen LogP) is 2.59. The van der Waals surface area contributed by atoms with E-state index in [9.17, 15) is 0 Å². The molecule has 2 atom stereocenters. The van der Waals surface area contributed by atoms with Crippen molar-refractivity contribution in [2.45, 2.75) is 25.5 Å². The molecule has 7 heteroatoms. The van der Waals surface area contributed by atoms with Gasteiger partial charge in [0, 0.05) is 31.1 Å². The van der Waals surface area contributed by atoms with Gasteiger partial charge >= 0.3 is 0 Å². The van der Waals surface area contributed by atoms with Gasteiger partial charge in [-0.15, -0.1) is 0 Å². The van der Waals surface area contributed by atoms with E-state index in [1.807, 2.05) is 30.9 Å². The molecule has 1 aliphatic rings. The van der Waals surface area contributed by atoms with E-state index in [1.54, 1.807) is 6.07 Å². The molecule has 114 valence electrons. The van der Waals surface area contributed by atoms with E-state index < -0.39 is 0 Å². The van der Waals surface area contributed by atoms with Crippen LogP contribution in [-0.4, -0.2) is 27.4 Å². The maximum Gasteiger partial charge on any atom is 0.145 e. The van der Waals surface area contributed by atoms with Gasteiger partial charge in [0.1, 0.15) is 18.0 Å². The molecule has 1 N–H and O–H groups in total. The summed E-state index contributed by atoms with van der Waals surface area (Å²) in [5, 5.41) is 16.9. The van der Waals surface area contributed by atoms with Gasteiger partial charge in [-0.1, -0.05) is 11.6 Å². The van der Waals surface area contributed by atoms with Crippen LogP contribution in [-0.2, 0) is 11.8 Å². The number of anilines is 1. The minimum absolute atomic E-state index is 0.0702. The van der Waals surface area contributed by atoms with Crippen molar-refractivity contribution in [1.29, 1.82) is 5.26 Å². The van der Waals surface area contributed by atoms with Crippen LogP contribution in [0.25, 0.3) is 0 Å². The summed E-state index contributed by atoms with van der Waals surface area (Å²) in [7, 11) is 1.91. The molecule has 0 unspecified atom stereocenters. The molecular weight excluding hydrogens is 302 g/mol. The van der Waals surface area contributed by atoms with Crippen LogP contribution in [0.2, 0.25) is 5.02 Å². The molecule has 2 aromatic heterocycles. The Bertz CT molecular complexity index is 736. The summed E-state index contributed by atoms with van der Waals surface area (Å²) in [5.74, 6) is 0.572. The summed E-state index contributed by atoms with van der Waals surface area (Å²) in [6.07, 6.45) is 4.13. The molecule has 3 rings (SSSR count). The van der Waals surface area contributed by atoms with Gasteiger partial charge in [0.2, 0.25) is 0 Å². The Hall–Kier alpha value is -2.10. The van der Waals surface area contributed by atoms with Crippen molar-refractivity contribution < 1.29 is 4.74 Å². The second-order valence-electron chi connectivity index (χ2n) is 5.31. The molecule has 0 radical (unpaired) electrons. The van der Waals surface area contributed by atoms with Crippen LogP contribution in [0.1, 0.15) is 29.3 Å². The van der Waals surface area contributed by atoms with E-state index >= 15 is 0 Å². The zero-order valence-corrected chi connectivity index (χ0v) is 13.1. The number of nitrogens with one attached hydrogen (secondary N) is 1. The number of aryl methyl sites for hydroxylation is 1. The van der Waals surface area contributed by atoms with Crippen molar-refractivity contribution in [3.63, 3.8) is 0 Å². The number of aromatic nitrogens is 3. The molecule has 1 fully saturated rings. The lowest BCUT2D eigenvalue weighted by Gasteiger charge is -2.20. The zero-order valence-electron chi connectivity index (χ0n) is 12.4. The zero-order chi connectivity index (χ0) is 15.7. The summed E-state index contributed by atoms with van der Waals surface area (Å²) >= 11 is 6.18. The lowest BCUT2D eigenvalue weighted by atomic mass is 10.0. The molecule has 1 aliphatic heterocycles. The predicted molar refractivity (Wildman–Crippen MR) is 82.6 cm³/mol. The maximum atomic E-state index is 8.86. The minimum atomic E-state index is -0.0813. The van der Waals surface area contributed by atoms with E-state index in [-0.39, 0.29) is 12.1 Å². The first kappa shape index (κ1) is 14.8. The van der Waals surface area contributed by atoms with Crippen molar-refractivity contribution in [3.8, 4) is 6.07 Å². The summed E-state index contributed by atoms with van der Waals surface area (Å²) < 4.78 is 7.70. The van der Waals surface area contributed by atoms with Crippen molar-refractivity contribution in [3.05, 3.63) is 40.3 Å². The van der Waals surface area contributed by atoms with Crippen molar-refractivity contribution in [2.75, 3.05) is 11.9 Å². The topological polar surface area (TPSA) is 75.8 Å². The van der Waals surface area contributed by atoms with Gasteiger partial charge in [-0.05, 0) is 19.4 Å². The second kappa shape index (κ2) is 5.95. The fourth-order valence-electron chi connectivity index (χ4n) is 2.62. The molecule has 22 heavy (non-hydrogen) atoms. The molecule has 0 bridgehead atoms. The first-order valence-electron chi connectivity index (χ1n) is 7.02. The quantitative estimate of drug-likeness (QED) is 0.941. The molecule has 0 saturated carbocycles. The molecule has 0 aliphatic carbocycles. The monoisotopic (exact) mass is 317 g/mol. The van der Waals surface area contributed by atoms with Gasteiger partial charge in [-0.3, -0.25) is 4.68 Å². The highest BCUT2D eigenvalue weighted by atomic mass is 35.5. The third kappa shape index (κ3) is 2.65. The number of nitrogens with zero attached hydrogens (tertiary/aromatic N) is 4. The van der Waals surface area contributed by atoms with Crippen molar-refractivity contribution in [2.24, 2.45) is 7.05 Å². The minimum Gasteiger partial charge on any atom is -0.371 e. The van der Waals surface area contributed by atoms with Gasteiger partial charge in [-0.25, -0.2) is 4.98 Å². The van der Waals surface area contributed by atoms with E-state index in [0.29, 0.717) is 23.0 Å². The summed E-state index contributed by atoms with van der Waals surface area (Å²) in [5.41, 5.74) is 2.60. The van der Waals surface area contributed by atoms with Crippen LogP contribution in [0.5, 0.6) is 0 Å². The van der Waals surface area contributed by atoms with Crippen LogP contribution >= 0.6 is 11.6 Å². The fraction of sp³-hybridized carbons (Fsp3) is 0.400. The largest absolute Gasteiger partial charge is 0.371 e.